The summed E-state index contributed by atoms with van der Waals surface area (Å²) < 4.78 is 19.4. The van der Waals surface area contributed by atoms with Gasteiger partial charge >= 0.3 is 0 Å². The lowest BCUT2D eigenvalue weighted by Gasteiger charge is -2.30. The Kier molecular flexibility index (Phi) is 5.65. The van der Waals surface area contributed by atoms with Crippen molar-refractivity contribution in [2.24, 2.45) is 0 Å². The van der Waals surface area contributed by atoms with Crippen LogP contribution in [0.5, 0.6) is 0 Å². The van der Waals surface area contributed by atoms with Crippen LogP contribution in [0, 0.1) is 5.82 Å². The minimum Gasteiger partial charge on any atom is -0.500 e. The Bertz CT molecular complexity index is 696. The molecule has 126 valence electrons. The number of aryl methyl sites for hydroxylation is 1. The van der Waals surface area contributed by atoms with E-state index >= 15 is 0 Å². The molecule has 2 nitrogen and oxygen atoms in total. The molecule has 3 rings (SSSR count). The molecule has 24 heavy (non-hydrogen) atoms. The molecule has 0 unspecified atom stereocenters. The summed E-state index contributed by atoms with van der Waals surface area (Å²) in [5.41, 5.74) is 3.43. The smallest absolute Gasteiger partial charge is 0.126 e. The Hall–Kier alpha value is -2.13. The third kappa shape index (κ3) is 4.24. The molecule has 0 atom stereocenters. The molecule has 3 heteroatoms. The summed E-state index contributed by atoms with van der Waals surface area (Å²) in [6.45, 7) is 2.79. The van der Waals surface area contributed by atoms with Gasteiger partial charge in [-0.05, 0) is 42.0 Å². The molecule has 0 spiro atoms. The number of nitrogens with zero attached hydrogens (tertiary/aromatic N) is 1. The average molecular weight is 325 g/mol. The molecule has 0 saturated carbocycles. The van der Waals surface area contributed by atoms with E-state index in [4.69, 9.17) is 4.74 Å². The Morgan fingerprint density at radius 3 is 2.50 bits per heavy atom. The van der Waals surface area contributed by atoms with E-state index in [1.165, 1.54) is 17.2 Å². The van der Waals surface area contributed by atoms with Gasteiger partial charge in [0.05, 0.1) is 13.7 Å². The van der Waals surface area contributed by atoms with Crippen LogP contribution >= 0.6 is 0 Å². The van der Waals surface area contributed by atoms with Crippen LogP contribution in [0.3, 0.4) is 0 Å². The van der Waals surface area contributed by atoms with Crippen molar-refractivity contribution in [3.63, 3.8) is 0 Å². The second-order valence-corrected chi connectivity index (χ2v) is 6.27. The zero-order chi connectivity index (χ0) is 16.8. The molecule has 0 saturated heterocycles. The van der Waals surface area contributed by atoms with Crippen molar-refractivity contribution in [1.29, 1.82) is 0 Å². The van der Waals surface area contributed by atoms with Crippen LogP contribution in [0.25, 0.3) is 0 Å². The van der Waals surface area contributed by atoms with Gasteiger partial charge in [-0.15, -0.1) is 0 Å². The molecule has 1 heterocycles. The Balaban J connectivity index is 1.62. The van der Waals surface area contributed by atoms with Crippen LogP contribution in [0.4, 0.5) is 4.39 Å². The van der Waals surface area contributed by atoms with Crippen LogP contribution in [0.15, 0.2) is 65.9 Å². The molecule has 0 aromatic heterocycles. The lowest BCUT2D eigenvalue weighted by molar-refractivity contribution is 0.185. The number of ether oxygens (including phenoxy) is 1. The van der Waals surface area contributed by atoms with Gasteiger partial charge in [-0.25, -0.2) is 4.39 Å². The highest BCUT2D eigenvalue weighted by Crippen LogP contribution is 2.24. The summed E-state index contributed by atoms with van der Waals surface area (Å²) in [6, 6.07) is 17.5. The molecule has 0 amide bonds. The summed E-state index contributed by atoms with van der Waals surface area (Å²) >= 11 is 0. The first-order valence-corrected chi connectivity index (χ1v) is 8.51. The molecule has 0 aliphatic carbocycles. The summed E-state index contributed by atoms with van der Waals surface area (Å²) in [4.78, 5) is 2.40. The van der Waals surface area contributed by atoms with Crippen LogP contribution in [-0.2, 0) is 17.7 Å². The molecule has 0 N–H and O–H groups in total. The average Bonchev–Trinajstić information content (AvgIpc) is 2.62. The standard InChI is InChI=1S/C21H24FNO/c1-24-21-16-23(15-17-7-3-2-4-8-17)14-13-19(21)12-11-18-9-5-6-10-20(18)22/h2-10H,11-16H2,1H3. The lowest BCUT2D eigenvalue weighted by Crippen LogP contribution is -2.32. The van der Waals surface area contributed by atoms with Gasteiger partial charge in [0.15, 0.2) is 0 Å². The number of hydrogen-bond acceptors (Lipinski definition) is 2. The molecule has 2 aromatic rings. The summed E-state index contributed by atoms with van der Waals surface area (Å²) in [6.07, 6.45) is 2.58. The molecule has 2 aromatic carbocycles. The first-order chi connectivity index (χ1) is 11.8. The van der Waals surface area contributed by atoms with E-state index in [0.29, 0.717) is 0 Å². The zero-order valence-electron chi connectivity index (χ0n) is 14.2. The largest absolute Gasteiger partial charge is 0.500 e. The Labute approximate surface area is 143 Å². The highest BCUT2D eigenvalue weighted by Gasteiger charge is 2.20. The van der Waals surface area contributed by atoms with E-state index in [1.807, 2.05) is 18.2 Å². The molecule has 1 aliphatic rings. The first kappa shape index (κ1) is 16.7. The highest BCUT2D eigenvalue weighted by atomic mass is 19.1. The normalized spacial score (nSPS) is 15.6. The van der Waals surface area contributed by atoms with Crippen molar-refractivity contribution in [3.05, 3.63) is 82.9 Å². The number of halogens is 1. The molecular weight excluding hydrogens is 301 g/mol. The van der Waals surface area contributed by atoms with E-state index in [0.717, 1.165) is 50.2 Å². The number of benzene rings is 2. The van der Waals surface area contributed by atoms with Gasteiger partial charge in [-0.2, -0.15) is 0 Å². The van der Waals surface area contributed by atoms with Gasteiger partial charge in [-0.3, -0.25) is 4.90 Å². The third-order valence-electron chi connectivity index (χ3n) is 4.64. The maximum Gasteiger partial charge on any atom is 0.126 e. The van der Waals surface area contributed by atoms with E-state index in [9.17, 15) is 4.39 Å². The summed E-state index contributed by atoms with van der Waals surface area (Å²) in [5.74, 6) is 0.937. The number of methoxy groups -OCH3 is 1. The van der Waals surface area contributed by atoms with Gasteiger partial charge in [0.2, 0.25) is 0 Å². The van der Waals surface area contributed by atoms with Crippen LogP contribution < -0.4 is 0 Å². The second kappa shape index (κ2) is 8.11. The van der Waals surface area contributed by atoms with Crippen molar-refractivity contribution >= 4 is 0 Å². The number of rotatable bonds is 6. The predicted octanol–water partition coefficient (Wildman–Crippen LogP) is 4.56. The minimum absolute atomic E-state index is 0.112. The van der Waals surface area contributed by atoms with Crippen LogP contribution in [0.1, 0.15) is 24.0 Å². The van der Waals surface area contributed by atoms with Gasteiger partial charge in [0.25, 0.3) is 0 Å². The minimum atomic E-state index is -0.112. The van der Waals surface area contributed by atoms with Crippen LogP contribution in [-0.4, -0.2) is 25.1 Å². The third-order valence-corrected chi connectivity index (χ3v) is 4.64. The maximum absolute atomic E-state index is 13.8. The molecular formula is C21H24FNO. The topological polar surface area (TPSA) is 12.5 Å². The van der Waals surface area contributed by atoms with Gasteiger partial charge < -0.3 is 4.74 Å². The Morgan fingerprint density at radius 2 is 1.75 bits per heavy atom. The monoisotopic (exact) mass is 325 g/mol. The van der Waals surface area contributed by atoms with E-state index in [-0.39, 0.29) is 5.82 Å². The van der Waals surface area contributed by atoms with Gasteiger partial charge in [0.1, 0.15) is 11.6 Å². The van der Waals surface area contributed by atoms with Crippen molar-refractivity contribution in [2.45, 2.75) is 25.8 Å². The summed E-state index contributed by atoms with van der Waals surface area (Å²) in [5, 5.41) is 0. The molecule has 0 bridgehead atoms. The second-order valence-electron chi connectivity index (χ2n) is 6.27. The first-order valence-electron chi connectivity index (χ1n) is 8.51. The van der Waals surface area contributed by atoms with E-state index in [2.05, 4.69) is 29.2 Å². The molecule has 0 fully saturated rings. The summed E-state index contributed by atoms with van der Waals surface area (Å²) in [7, 11) is 1.74. The predicted molar refractivity (Wildman–Crippen MR) is 95.1 cm³/mol. The van der Waals surface area contributed by atoms with Gasteiger partial charge in [0, 0.05) is 13.1 Å². The van der Waals surface area contributed by atoms with E-state index < -0.39 is 0 Å². The quantitative estimate of drug-likeness (QED) is 0.772. The van der Waals surface area contributed by atoms with Crippen molar-refractivity contribution < 1.29 is 9.13 Å². The zero-order valence-corrected chi connectivity index (χ0v) is 14.2. The fourth-order valence-corrected chi connectivity index (χ4v) is 3.26. The molecule has 0 radical (unpaired) electrons. The number of hydrogen-bond donors (Lipinski definition) is 0. The molecule has 1 aliphatic heterocycles. The lowest BCUT2D eigenvalue weighted by atomic mass is 9.98. The van der Waals surface area contributed by atoms with Crippen molar-refractivity contribution in [1.82, 2.24) is 4.90 Å². The van der Waals surface area contributed by atoms with Crippen molar-refractivity contribution in [3.8, 4) is 0 Å². The van der Waals surface area contributed by atoms with Crippen molar-refractivity contribution in [2.75, 3.05) is 20.2 Å². The fraction of sp³-hybridized carbons (Fsp3) is 0.333. The fourth-order valence-electron chi connectivity index (χ4n) is 3.26. The van der Waals surface area contributed by atoms with Crippen LogP contribution in [0.2, 0.25) is 0 Å². The SMILES string of the molecule is COC1=C(CCc2ccccc2F)CCN(Cc2ccccc2)C1. The van der Waals surface area contributed by atoms with Gasteiger partial charge in [-0.1, -0.05) is 48.5 Å². The van der Waals surface area contributed by atoms with E-state index in [1.54, 1.807) is 13.2 Å². The highest BCUT2D eigenvalue weighted by molar-refractivity contribution is 5.22. The maximum atomic E-state index is 13.8. The Morgan fingerprint density at radius 1 is 1.00 bits per heavy atom.